The van der Waals surface area contributed by atoms with Gasteiger partial charge in [-0.15, -0.1) is 0 Å². The minimum atomic E-state index is -0.486. The second kappa shape index (κ2) is 6.09. The van der Waals surface area contributed by atoms with Crippen molar-refractivity contribution in [3.63, 3.8) is 0 Å². The van der Waals surface area contributed by atoms with E-state index in [0.29, 0.717) is 11.0 Å². The lowest BCUT2D eigenvalue weighted by Gasteiger charge is -2.17. The number of ether oxygens (including phenoxy) is 1. The van der Waals surface area contributed by atoms with E-state index in [1.54, 1.807) is 11.8 Å². The number of allylic oxidation sites excluding steroid dienone is 1. The third-order valence-electron chi connectivity index (χ3n) is 2.20. The Kier molecular flexibility index (Phi) is 5.04. The van der Waals surface area contributed by atoms with E-state index in [1.807, 2.05) is 0 Å². The normalized spacial score (nSPS) is 23.1. The molecule has 0 amide bonds. The molecule has 0 aromatic heterocycles. The van der Waals surface area contributed by atoms with Crippen molar-refractivity contribution < 1.29 is 9.53 Å². The Hall–Kier alpha value is -0.480. The van der Waals surface area contributed by atoms with Gasteiger partial charge in [0, 0.05) is 11.0 Å². The molecule has 0 spiro atoms. The second-order valence-corrected chi connectivity index (χ2v) is 4.63. The summed E-state index contributed by atoms with van der Waals surface area (Å²) in [6, 6.07) is -0.486. The summed E-state index contributed by atoms with van der Waals surface area (Å²) in [6.07, 6.45) is 8.01. The molecule has 80 valence electrons. The zero-order valence-electron chi connectivity index (χ0n) is 8.44. The lowest BCUT2D eigenvalue weighted by atomic mass is 10.1. The molecule has 0 heterocycles. The highest BCUT2D eigenvalue weighted by Gasteiger charge is 2.16. The first-order valence-electron chi connectivity index (χ1n) is 4.85. The van der Waals surface area contributed by atoms with Gasteiger partial charge in [0.2, 0.25) is 0 Å². The Morgan fingerprint density at radius 3 is 3.14 bits per heavy atom. The van der Waals surface area contributed by atoms with Gasteiger partial charge in [0.05, 0.1) is 7.11 Å². The molecule has 1 rings (SSSR count). The first kappa shape index (κ1) is 11.6. The van der Waals surface area contributed by atoms with Gasteiger partial charge >= 0.3 is 5.97 Å². The van der Waals surface area contributed by atoms with Gasteiger partial charge in [0.25, 0.3) is 0 Å². The summed E-state index contributed by atoms with van der Waals surface area (Å²) < 4.78 is 4.56. The Bertz CT molecular complexity index is 218. The summed E-state index contributed by atoms with van der Waals surface area (Å²) in [5.41, 5.74) is 5.63. The minimum absolute atomic E-state index is 0.322. The molecule has 2 unspecified atom stereocenters. The van der Waals surface area contributed by atoms with E-state index in [-0.39, 0.29) is 5.97 Å². The van der Waals surface area contributed by atoms with Crippen molar-refractivity contribution in [1.29, 1.82) is 0 Å². The minimum Gasteiger partial charge on any atom is -0.468 e. The van der Waals surface area contributed by atoms with Crippen LogP contribution < -0.4 is 5.73 Å². The van der Waals surface area contributed by atoms with Gasteiger partial charge in [0.1, 0.15) is 6.04 Å². The quantitative estimate of drug-likeness (QED) is 0.568. The lowest BCUT2D eigenvalue weighted by Crippen LogP contribution is -2.34. The Labute approximate surface area is 89.1 Å². The molecular weight excluding hydrogens is 198 g/mol. The Morgan fingerprint density at radius 2 is 2.57 bits per heavy atom. The third kappa shape index (κ3) is 3.72. The maximum atomic E-state index is 11.0. The van der Waals surface area contributed by atoms with Gasteiger partial charge in [0.15, 0.2) is 0 Å². The maximum Gasteiger partial charge on any atom is 0.323 e. The van der Waals surface area contributed by atoms with Crippen molar-refractivity contribution in [2.24, 2.45) is 5.73 Å². The van der Waals surface area contributed by atoms with Gasteiger partial charge in [-0.05, 0) is 19.3 Å². The van der Waals surface area contributed by atoms with Crippen LogP contribution in [0.2, 0.25) is 0 Å². The predicted molar refractivity (Wildman–Crippen MR) is 59.2 cm³/mol. The van der Waals surface area contributed by atoms with Crippen molar-refractivity contribution in [3.05, 3.63) is 12.2 Å². The fourth-order valence-electron chi connectivity index (χ4n) is 1.37. The zero-order valence-corrected chi connectivity index (χ0v) is 9.26. The standard InChI is InChI=1S/C10H17NO2S/c1-13-10(12)9(11)7-14-8-5-3-2-4-6-8/h3,5,8-9H,2,4,6-7,11H2,1H3. The predicted octanol–water partition coefficient (Wildman–Crippen LogP) is 1.33. The van der Waals surface area contributed by atoms with E-state index >= 15 is 0 Å². The van der Waals surface area contributed by atoms with Crippen LogP contribution >= 0.6 is 11.8 Å². The molecule has 2 atom stereocenters. The van der Waals surface area contributed by atoms with E-state index in [0.717, 1.165) is 0 Å². The molecular formula is C10H17NO2S. The van der Waals surface area contributed by atoms with Gasteiger partial charge in [-0.1, -0.05) is 12.2 Å². The van der Waals surface area contributed by atoms with E-state index in [9.17, 15) is 4.79 Å². The molecule has 4 heteroatoms. The van der Waals surface area contributed by atoms with Crippen LogP contribution in [-0.2, 0) is 9.53 Å². The lowest BCUT2D eigenvalue weighted by molar-refractivity contribution is -0.141. The number of esters is 1. The molecule has 0 aromatic rings. The molecule has 0 bridgehead atoms. The van der Waals surface area contributed by atoms with Crippen LogP contribution in [0, 0.1) is 0 Å². The van der Waals surface area contributed by atoms with Crippen LogP contribution in [-0.4, -0.2) is 30.1 Å². The number of hydrogen-bond donors (Lipinski definition) is 1. The largest absolute Gasteiger partial charge is 0.468 e. The van der Waals surface area contributed by atoms with E-state index in [2.05, 4.69) is 16.9 Å². The third-order valence-corrected chi connectivity index (χ3v) is 3.58. The van der Waals surface area contributed by atoms with Crippen LogP contribution in [0.15, 0.2) is 12.2 Å². The van der Waals surface area contributed by atoms with Crippen molar-refractivity contribution in [3.8, 4) is 0 Å². The highest BCUT2D eigenvalue weighted by Crippen LogP contribution is 2.23. The molecule has 0 radical (unpaired) electrons. The van der Waals surface area contributed by atoms with Crippen molar-refractivity contribution in [1.82, 2.24) is 0 Å². The Balaban J connectivity index is 2.22. The maximum absolute atomic E-state index is 11.0. The second-order valence-electron chi connectivity index (χ2n) is 3.36. The molecule has 2 N–H and O–H groups in total. The fourth-order valence-corrected chi connectivity index (χ4v) is 2.51. The monoisotopic (exact) mass is 215 g/mol. The van der Waals surface area contributed by atoms with Crippen LogP contribution in [0.25, 0.3) is 0 Å². The number of nitrogens with two attached hydrogens (primary N) is 1. The van der Waals surface area contributed by atoms with Crippen LogP contribution in [0.3, 0.4) is 0 Å². The summed E-state index contributed by atoms with van der Waals surface area (Å²) in [5.74, 6) is 0.319. The first-order chi connectivity index (χ1) is 6.74. The smallest absolute Gasteiger partial charge is 0.323 e. The number of carbonyl (C=O) groups excluding carboxylic acids is 1. The van der Waals surface area contributed by atoms with E-state index in [1.165, 1.54) is 26.4 Å². The molecule has 1 aliphatic carbocycles. The molecule has 14 heavy (non-hydrogen) atoms. The van der Waals surface area contributed by atoms with Crippen LogP contribution in [0.1, 0.15) is 19.3 Å². The number of hydrogen-bond acceptors (Lipinski definition) is 4. The summed E-state index contributed by atoms with van der Waals surface area (Å²) in [7, 11) is 1.37. The number of methoxy groups -OCH3 is 1. The summed E-state index contributed by atoms with van der Waals surface area (Å²) in [4.78, 5) is 11.0. The average molecular weight is 215 g/mol. The summed E-state index contributed by atoms with van der Waals surface area (Å²) in [5, 5.41) is 0.527. The average Bonchev–Trinajstić information content (AvgIpc) is 2.26. The molecule has 0 aliphatic heterocycles. The van der Waals surface area contributed by atoms with Crippen LogP contribution in [0.4, 0.5) is 0 Å². The zero-order chi connectivity index (χ0) is 10.4. The van der Waals surface area contributed by atoms with Crippen molar-refractivity contribution in [2.45, 2.75) is 30.6 Å². The first-order valence-corrected chi connectivity index (χ1v) is 5.90. The van der Waals surface area contributed by atoms with E-state index < -0.39 is 6.04 Å². The van der Waals surface area contributed by atoms with Gasteiger partial charge in [-0.2, -0.15) is 11.8 Å². The molecule has 0 fully saturated rings. The molecule has 0 saturated heterocycles. The highest BCUT2D eigenvalue weighted by molar-refractivity contribution is 8.00. The van der Waals surface area contributed by atoms with E-state index in [4.69, 9.17) is 5.73 Å². The SMILES string of the molecule is COC(=O)C(N)CSC1C=CCCC1. The Morgan fingerprint density at radius 1 is 1.79 bits per heavy atom. The molecule has 3 nitrogen and oxygen atoms in total. The number of thioether (sulfide) groups is 1. The highest BCUT2D eigenvalue weighted by atomic mass is 32.2. The van der Waals surface area contributed by atoms with Gasteiger partial charge in [-0.25, -0.2) is 0 Å². The number of carbonyl (C=O) groups is 1. The molecule has 0 saturated carbocycles. The van der Waals surface area contributed by atoms with Gasteiger partial charge < -0.3 is 10.5 Å². The topological polar surface area (TPSA) is 52.3 Å². The van der Waals surface area contributed by atoms with Crippen molar-refractivity contribution >= 4 is 17.7 Å². The summed E-state index contributed by atoms with van der Waals surface area (Å²) in [6.45, 7) is 0. The summed E-state index contributed by atoms with van der Waals surface area (Å²) >= 11 is 1.74. The van der Waals surface area contributed by atoms with Crippen molar-refractivity contribution in [2.75, 3.05) is 12.9 Å². The van der Waals surface area contributed by atoms with Crippen LogP contribution in [0.5, 0.6) is 0 Å². The molecule has 0 aromatic carbocycles. The fraction of sp³-hybridized carbons (Fsp3) is 0.700. The number of rotatable bonds is 4. The molecule has 1 aliphatic rings. The van der Waals surface area contributed by atoms with Gasteiger partial charge in [-0.3, -0.25) is 4.79 Å².